The topological polar surface area (TPSA) is 105 Å². The Labute approximate surface area is 184 Å². The lowest BCUT2D eigenvalue weighted by molar-refractivity contribution is -0.384. The predicted octanol–water partition coefficient (Wildman–Crippen LogP) is 4.15. The van der Waals surface area contributed by atoms with Gasteiger partial charge in [-0.1, -0.05) is 12.1 Å². The van der Waals surface area contributed by atoms with Gasteiger partial charge in [0.05, 0.1) is 16.3 Å². The molecule has 2 aromatic carbocycles. The molecular formula is C23H21N5O4. The number of rotatable bonds is 6. The highest BCUT2D eigenvalue weighted by molar-refractivity contribution is 5.96. The number of nitrogens with zero attached hydrogens (tertiary/aromatic N) is 5. The van der Waals surface area contributed by atoms with Crippen molar-refractivity contribution in [1.29, 1.82) is 0 Å². The lowest BCUT2D eigenvalue weighted by Gasteiger charge is -2.08. The Bertz CT molecular complexity index is 1290. The first-order valence-corrected chi connectivity index (χ1v) is 9.90. The van der Waals surface area contributed by atoms with E-state index in [2.05, 4.69) is 10.2 Å². The molecule has 162 valence electrons. The van der Waals surface area contributed by atoms with E-state index in [1.165, 1.54) is 16.8 Å². The lowest BCUT2D eigenvalue weighted by atomic mass is 10.1. The monoisotopic (exact) mass is 431 g/mol. The van der Waals surface area contributed by atoms with Gasteiger partial charge in [0, 0.05) is 36.6 Å². The van der Waals surface area contributed by atoms with Crippen LogP contribution in [0.2, 0.25) is 0 Å². The molecule has 0 saturated carbocycles. The number of nitro benzene ring substituents is 1. The summed E-state index contributed by atoms with van der Waals surface area (Å²) in [6.45, 7) is 4.04. The summed E-state index contributed by atoms with van der Waals surface area (Å²) in [5.74, 6) is -0.519. The zero-order valence-corrected chi connectivity index (χ0v) is 17.8. The van der Waals surface area contributed by atoms with Gasteiger partial charge >= 0.3 is 5.97 Å². The number of non-ortho nitro benzene ring substituents is 1. The third-order valence-corrected chi connectivity index (χ3v) is 4.96. The van der Waals surface area contributed by atoms with Gasteiger partial charge < -0.3 is 4.74 Å². The van der Waals surface area contributed by atoms with Gasteiger partial charge in [-0.2, -0.15) is 10.2 Å². The summed E-state index contributed by atoms with van der Waals surface area (Å²) in [4.78, 5) is 23.1. The van der Waals surface area contributed by atoms with Crippen LogP contribution in [0.4, 0.5) is 5.69 Å². The van der Waals surface area contributed by atoms with E-state index in [1.54, 1.807) is 25.4 Å². The van der Waals surface area contributed by atoms with Gasteiger partial charge in [-0.05, 0) is 49.7 Å². The first-order valence-electron chi connectivity index (χ1n) is 9.90. The average molecular weight is 431 g/mol. The number of esters is 1. The fourth-order valence-electron chi connectivity index (χ4n) is 3.44. The fourth-order valence-corrected chi connectivity index (χ4v) is 3.44. The van der Waals surface area contributed by atoms with Crippen LogP contribution in [0.3, 0.4) is 0 Å². The van der Waals surface area contributed by atoms with Crippen molar-refractivity contribution in [3.63, 3.8) is 0 Å². The zero-order chi connectivity index (χ0) is 22.8. The second-order valence-corrected chi connectivity index (χ2v) is 7.45. The Hall–Kier alpha value is -4.27. The van der Waals surface area contributed by atoms with Crippen molar-refractivity contribution in [3.8, 4) is 16.9 Å². The molecule has 0 N–H and O–H groups in total. The van der Waals surface area contributed by atoms with Gasteiger partial charge in [0.2, 0.25) is 0 Å². The summed E-state index contributed by atoms with van der Waals surface area (Å²) in [5.41, 5.74) is 5.02. The first-order chi connectivity index (χ1) is 15.3. The van der Waals surface area contributed by atoms with Gasteiger partial charge in [0.15, 0.2) is 0 Å². The van der Waals surface area contributed by atoms with Crippen molar-refractivity contribution in [1.82, 2.24) is 19.6 Å². The molecule has 0 saturated heterocycles. The number of hydrogen-bond donors (Lipinski definition) is 0. The van der Waals surface area contributed by atoms with Gasteiger partial charge in [-0.3, -0.25) is 14.8 Å². The summed E-state index contributed by atoms with van der Waals surface area (Å²) < 4.78 is 8.87. The SMILES string of the molecule is Cc1cc(C)n(-c2ccc(COC(=O)c3cn(C)nc3-c3ccc([N+](=O)[O-])cc3)cc2)n1. The van der Waals surface area contributed by atoms with Gasteiger partial charge in [-0.25, -0.2) is 9.48 Å². The summed E-state index contributed by atoms with van der Waals surface area (Å²) in [7, 11) is 1.70. The molecule has 9 nitrogen and oxygen atoms in total. The van der Waals surface area contributed by atoms with Crippen molar-refractivity contribution in [2.24, 2.45) is 7.05 Å². The highest BCUT2D eigenvalue weighted by Crippen LogP contribution is 2.25. The maximum absolute atomic E-state index is 12.7. The zero-order valence-electron chi connectivity index (χ0n) is 17.8. The van der Waals surface area contributed by atoms with E-state index in [1.807, 2.05) is 48.9 Å². The number of ether oxygens (including phenoxy) is 1. The Kier molecular flexibility index (Phi) is 5.55. The van der Waals surface area contributed by atoms with Crippen molar-refractivity contribution in [2.75, 3.05) is 0 Å². The first kappa shape index (κ1) is 21.0. The standard InChI is InChI=1S/C23H21N5O4/c1-15-12-16(2)27(24-15)19-8-4-17(5-9-19)14-32-23(29)21-13-26(3)25-22(21)18-6-10-20(11-7-18)28(30)31/h4-13H,14H2,1-3H3. The van der Waals surface area contributed by atoms with Crippen LogP contribution in [-0.4, -0.2) is 30.5 Å². The summed E-state index contributed by atoms with van der Waals surface area (Å²) in [6, 6.07) is 15.5. The lowest BCUT2D eigenvalue weighted by Crippen LogP contribution is -2.06. The molecule has 0 aliphatic carbocycles. The van der Waals surface area contributed by atoms with Gasteiger partial charge in [0.25, 0.3) is 5.69 Å². The number of carbonyl (C=O) groups excluding carboxylic acids is 1. The second kappa shape index (κ2) is 8.46. The van der Waals surface area contributed by atoms with E-state index in [0.717, 1.165) is 22.6 Å². The van der Waals surface area contributed by atoms with Crippen molar-refractivity contribution in [3.05, 3.63) is 93.4 Å². The molecule has 0 unspecified atom stereocenters. The number of benzene rings is 2. The molecule has 4 aromatic rings. The summed E-state index contributed by atoms with van der Waals surface area (Å²) in [6.07, 6.45) is 1.57. The van der Waals surface area contributed by atoms with E-state index in [-0.39, 0.29) is 12.3 Å². The third-order valence-electron chi connectivity index (χ3n) is 4.96. The number of aryl methyl sites for hydroxylation is 3. The van der Waals surface area contributed by atoms with Crippen molar-refractivity contribution < 1.29 is 14.5 Å². The Morgan fingerprint density at radius 2 is 1.75 bits per heavy atom. The van der Waals surface area contributed by atoms with E-state index in [0.29, 0.717) is 16.8 Å². The van der Waals surface area contributed by atoms with Crippen LogP contribution in [0.15, 0.2) is 60.8 Å². The number of carbonyl (C=O) groups is 1. The largest absolute Gasteiger partial charge is 0.457 e. The highest BCUT2D eigenvalue weighted by Gasteiger charge is 2.19. The normalized spacial score (nSPS) is 10.8. The number of nitro groups is 1. The van der Waals surface area contributed by atoms with Crippen LogP contribution < -0.4 is 0 Å². The van der Waals surface area contributed by atoms with E-state index < -0.39 is 10.9 Å². The van der Waals surface area contributed by atoms with Crippen molar-refractivity contribution in [2.45, 2.75) is 20.5 Å². The minimum absolute atomic E-state index is 0.0299. The average Bonchev–Trinajstić information content (AvgIpc) is 3.33. The molecule has 0 aliphatic rings. The third kappa shape index (κ3) is 4.27. The maximum Gasteiger partial charge on any atom is 0.342 e. The molecule has 2 aromatic heterocycles. The minimum atomic E-state index is -0.519. The van der Waals surface area contributed by atoms with E-state index in [4.69, 9.17) is 4.74 Å². The highest BCUT2D eigenvalue weighted by atomic mass is 16.6. The molecule has 0 radical (unpaired) electrons. The Balaban J connectivity index is 1.48. The van der Waals surface area contributed by atoms with Crippen LogP contribution in [0.25, 0.3) is 16.9 Å². The van der Waals surface area contributed by atoms with Gasteiger partial charge in [-0.15, -0.1) is 0 Å². The quantitative estimate of drug-likeness (QED) is 0.258. The van der Waals surface area contributed by atoms with Crippen molar-refractivity contribution >= 4 is 11.7 Å². The number of hydrogen-bond acceptors (Lipinski definition) is 6. The molecule has 0 fully saturated rings. The fraction of sp³-hybridized carbons (Fsp3) is 0.174. The molecule has 4 rings (SSSR count). The smallest absolute Gasteiger partial charge is 0.342 e. The molecule has 0 aliphatic heterocycles. The summed E-state index contributed by atoms with van der Waals surface area (Å²) in [5, 5.41) is 19.7. The molecular weight excluding hydrogens is 410 g/mol. The van der Waals surface area contributed by atoms with E-state index in [9.17, 15) is 14.9 Å². The van der Waals surface area contributed by atoms with Gasteiger partial charge in [0.1, 0.15) is 17.9 Å². The minimum Gasteiger partial charge on any atom is -0.457 e. The predicted molar refractivity (Wildman–Crippen MR) is 117 cm³/mol. The van der Waals surface area contributed by atoms with Crippen LogP contribution in [-0.2, 0) is 18.4 Å². The van der Waals surface area contributed by atoms with Crippen LogP contribution in [0.1, 0.15) is 27.3 Å². The second-order valence-electron chi connectivity index (χ2n) is 7.45. The Morgan fingerprint density at radius 3 is 2.34 bits per heavy atom. The van der Waals surface area contributed by atoms with E-state index >= 15 is 0 Å². The summed E-state index contributed by atoms with van der Waals surface area (Å²) >= 11 is 0. The van der Waals surface area contributed by atoms with Crippen LogP contribution in [0.5, 0.6) is 0 Å². The maximum atomic E-state index is 12.7. The molecule has 32 heavy (non-hydrogen) atoms. The van der Waals surface area contributed by atoms with Crippen LogP contribution in [0, 0.1) is 24.0 Å². The molecule has 0 atom stereocenters. The molecule has 0 amide bonds. The van der Waals surface area contributed by atoms with Crippen LogP contribution >= 0.6 is 0 Å². The molecule has 2 heterocycles. The molecule has 0 spiro atoms. The molecule has 9 heteroatoms. The Morgan fingerprint density at radius 1 is 1.06 bits per heavy atom. The molecule has 0 bridgehead atoms. The number of aromatic nitrogens is 4.